The zero-order chi connectivity index (χ0) is 13.9. The van der Waals surface area contributed by atoms with E-state index >= 15 is 0 Å². The third kappa shape index (κ3) is 3.76. The molecule has 0 saturated carbocycles. The Morgan fingerprint density at radius 3 is 2.44 bits per heavy atom. The topological polar surface area (TPSA) is 46.6 Å². The summed E-state index contributed by atoms with van der Waals surface area (Å²) in [6, 6.07) is 0. The second kappa shape index (κ2) is 5.43. The van der Waals surface area contributed by atoms with Crippen LogP contribution in [-0.4, -0.2) is 35.5 Å². The maximum Gasteiger partial charge on any atom is 0.410 e. The second-order valence-corrected chi connectivity index (χ2v) is 5.81. The van der Waals surface area contributed by atoms with Gasteiger partial charge in [0.25, 0.3) is 0 Å². The van der Waals surface area contributed by atoms with Crippen molar-refractivity contribution >= 4 is 11.9 Å². The molecule has 0 aromatic carbocycles. The highest BCUT2D eigenvalue weighted by Gasteiger charge is 2.33. The molecule has 0 radical (unpaired) electrons. The number of terminal acetylenes is 1. The number of nitrogens with zero attached hydrogens (tertiary/aromatic N) is 1. The number of hydrogen-bond donors (Lipinski definition) is 0. The number of hydrogen-bond acceptors (Lipinski definition) is 3. The number of piperidine rings is 1. The van der Waals surface area contributed by atoms with Crippen molar-refractivity contribution in [2.75, 3.05) is 13.1 Å². The maximum absolute atomic E-state index is 11.9. The molecule has 0 aliphatic carbocycles. The first-order valence-corrected chi connectivity index (χ1v) is 6.23. The Bertz CT molecular complexity index is 375. The van der Waals surface area contributed by atoms with E-state index in [1.54, 1.807) is 4.90 Å². The van der Waals surface area contributed by atoms with Crippen LogP contribution in [0.5, 0.6) is 0 Å². The third-order valence-electron chi connectivity index (χ3n) is 3.04. The van der Waals surface area contributed by atoms with Crippen molar-refractivity contribution in [2.24, 2.45) is 11.8 Å². The molecule has 4 nitrogen and oxygen atoms in total. The standard InChI is InChI=1S/C14H21NO3/c1-6-12(16)11-7-8-15(9-10(11)2)13(17)18-14(3,4)5/h1,10-11H,7-9H2,2-5H3. The molecule has 0 aromatic heterocycles. The van der Waals surface area contributed by atoms with E-state index < -0.39 is 5.60 Å². The number of amides is 1. The molecule has 0 aromatic rings. The molecule has 0 N–H and O–H groups in total. The van der Waals surface area contributed by atoms with E-state index in [0.29, 0.717) is 19.5 Å². The first-order valence-electron chi connectivity index (χ1n) is 6.23. The van der Waals surface area contributed by atoms with Gasteiger partial charge in [-0.1, -0.05) is 6.92 Å². The fraction of sp³-hybridized carbons (Fsp3) is 0.714. The minimum Gasteiger partial charge on any atom is -0.444 e. The number of carbonyl (C=O) groups excluding carboxylic acids is 2. The average Bonchev–Trinajstić information content (AvgIpc) is 2.25. The predicted octanol–water partition coefficient (Wildman–Crippen LogP) is 2.08. The lowest BCUT2D eigenvalue weighted by atomic mass is 9.84. The van der Waals surface area contributed by atoms with Crippen molar-refractivity contribution < 1.29 is 14.3 Å². The van der Waals surface area contributed by atoms with Crippen LogP contribution in [0.1, 0.15) is 34.1 Å². The zero-order valence-corrected chi connectivity index (χ0v) is 11.5. The number of carbonyl (C=O) groups is 2. The van der Waals surface area contributed by atoms with Crippen LogP contribution in [-0.2, 0) is 9.53 Å². The van der Waals surface area contributed by atoms with Gasteiger partial charge >= 0.3 is 6.09 Å². The SMILES string of the molecule is C#CC(=O)C1CCN(C(=O)OC(C)(C)C)CC1C. The Morgan fingerprint density at radius 1 is 1.39 bits per heavy atom. The summed E-state index contributed by atoms with van der Waals surface area (Å²) in [7, 11) is 0. The van der Waals surface area contributed by atoms with E-state index in [2.05, 4.69) is 5.92 Å². The minimum atomic E-state index is -0.494. The van der Waals surface area contributed by atoms with Gasteiger partial charge < -0.3 is 9.64 Å². The molecule has 18 heavy (non-hydrogen) atoms. The Balaban J connectivity index is 2.59. The number of ether oxygens (including phenoxy) is 1. The first-order chi connectivity index (χ1) is 8.24. The van der Waals surface area contributed by atoms with Gasteiger partial charge in [-0.25, -0.2) is 4.79 Å². The molecule has 0 bridgehead atoms. The van der Waals surface area contributed by atoms with Gasteiger partial charge in [0.15, 0.2) is 0 Å². The molecule has 2 atom stereocenters. The van der Waals surface area contributed by atoms with Crippen LogP contribution in [0, 0.1) is 24.2 Å². The molecule has 1 heterocycles. The quantitative estimate of drug-likeness (QED) is 0.529. The molecular formula is C14H21NO3. The molecule has 2 unspecified atom stereocenters. The van der Waals surface area contributed by atoms with Crippen LogP contribution in [0.4, 0.5) is 4.79 Å². The van der Waals surface area contributed by atoms with Gasteiger partial charge in [-0.3, -0.25) is 4.79 Å². The molecular weight excluding hydrogens is 230 g/mol. The molecule has 1 amide bonds. The lowest BCUT2D eigenvalue weighted by molar-refractivity contribution is -0.120. The van der Waals surface area contributed by atoms with E-state index in [1.807, 2.05) is 27.7 Å². The smallest absolute Gasteiger partial charge is 0.410 e. The van der Waals surface area contributed by atoms with Crippen LogP contribution in [0.15, 0.2) is 0 Å². The van der Waals surface area contributed by atoms with Crippen LogP contribution < -0.4 is 0 Å². The zero-order valence-electron chi connectivity index (χ0n) is 11.5. The molecule has 1 saturated heterocycles. The molecule has 100 valence electrons. The lowest BCUT2D eigenvalue weighted by Crippen LogP contribution is -2.46. The summed E-state index contributed by atoms with van der Waals surface area (Å²) < 4.78 is 5.31. The minimum absolute atomic E-state index is 0.0785. The number of rotatable bonds is 1. The van der Waals surface area contributed by atoms with Crippen LogP contribution in [0.25, 0.3) is 0 Å². The van der Waals surface area contributed by atoms with Gasteiger partial charge in [0.1, 0.15) is 5.60 Å². The highest BCUT2D eigenvalue weighted by Crippen LogP contribution is 2.25. The average molecular weight is 251 g/mol. The first kappa shape index (κ1) is 14.6. The van der Waals surface area contributed by atoms with Crippen molar-refractivity contribution in [2.45, 2.75) is 39.7 Å². The van der Waals surface area contributed by atoms with Gasteiger partial charge in [0, 0.05) is 19.0 Å². The summed E-state index contributed by atoms with van der Waals surface area (Å²) in [5.41, 5.74) is -0.494. The summed E-state index contributed by atoms with van der Waals surface area (Å²) in [4.78, 5) is 25.0. The summed E-state index contributed by atoms with van der Waals surface area (Å²) in [5.74, 6) is 1.96. The molecule has 1 rings (SSSR count). The van der Waals surface area contributed by atoms with Crippen LogP contribution >= 0.6 is 0 Å². The van der Waals surface area contributed by atoms with E-state index in [4.69, 9.17) is 11.2 Å². The van der Waals surface area contributed by atoms with Crippen molar-refractivity contribution in [1.29, 1.82) is 0 Å². The van der Waals surface area contributed by atoms with Crippen molar-refractivity contribution in [3.05, 3.63) is 0 Å². The molecule has 1 aliphatic heterocycles. The number of Topliss-reactive ketones (excluding diaryl/α,β-unsaturated/α-hetero) is 1. The molecule has 0 spiro atoms. The van der Waals surface area contributed by atoms with E-state index in [1.165, 1.54) is 0 Å². The third-order valence-corrected chi connectivity index (χ3v) is 3.04. The summed E-state index contributed by atoms with van der Waals surface area (Å²) in [5, 5.41) is 0. The fourth-order valence-electron chi connectivity index (χ4n) is 2.13. The Morgan fingerprint density at radius 2 is 2.00 bits per heavy atom. The Kier molecular flexibility index (Phi) is 4.39. The van der Waals surface area contributed by atoms with Crippen molar-refractivity contribution in [3.8, 4) is 12.3 Å². The largest absolute Gasteiger partial charge is 0.444 e. The molecule has 1 aliphatic rings. The Hall–Kier alpha value is -1.50. The number of ketones is 1. The molecule has 4 heteroatoms. The lowest BCUT2D eigenvalue weighted by Gasteiger charge is -2.36. The van der Waals surface area contributed by atoms with Gasteiger partial charge in [-0.05, 0) is 39.0 Å². The van der Waals surface area contributed by atoms with E-state index in [0.717, 1.165) is 0 Å². The van der Waals surface area contributed by atoms with Crippen molar-refractivity contribution in [3.63, 3.8) is 0 Å². The van der Waals surface area contributed by atoms with Gasteiger partial charge in [-0.15, -0.1) is 6.42 Å². The summed E-state index contributed by atoms with van der Waals surface area (Å²) >= 11 is 0. The van der Waals surface area contributed by atoms with Crippen LogP contribution in [0.2, 0.25) is 0 Å². The monoisotopic (exact) mass is 251 g/mol. The van der Waals surface area contributed by atoms with Gasteiger partial charge in [0.05, 0.1) is 0 Å². The summed E-state index contributed by atoms with van der Waals surface area (Å²) in [6.07, 6.45) is 5.43. The summed E-state index contributed by atoms with van der Waals surface area (Å²) in [6.45, 7) is 8.50. The Labute approximate surface area is 109 Å². The maximum atomic E-state index is 11.9. The normalized spacial score (nSPS) is 24.3. The second-order valence-electron chi connectivity index (χ2n) is 5.81. The predicted molar refractivity (Wildman–Crippen MR) is 68.9 cm³/mol. The van der Waals surface area contributed by atoms with Crippen molar-refractivity contribution in [1.82, 2.24) is 4.90 Å². The van der Waals surface area contributed by atoms with Gasteiger partial charge in [0.2, 0.25) is 5.78 Å². The van der Waals surface area contributed by atoms with E-state index in [9.17, 15) is 9.59 Å². The van der Waals surface area contributed by atoms with E-state index in [-0.39, 0.29) is 23.7 Å². The fourth-order valence-corrected chi connectivity index (χ4v) is 2.13. The highest BCUT2D eigenvalue weighted by molar-refractivity contribution is 5.97. The highest BCUT2D eigenvalue weighted by atomic mass is 16.6. The van der Waals surface area contributed by atoms with Gasteiger partial charge in [-0.2, -0.15) is 0 Å². The number of likely N-dealkylation sites (tertiary alicyclic amines) is 1. The van der Waals surface area contributed by atoms with Crippen LogP contribution in [0.3, 0.4) is 0 Å². The molecule has 1 fully saturated rings.